The number of aromatic nitrogens is 5. The Labute approximate surface area is 193 Å². The molecule has 1 N–H and O–H groups in total. The molecule has 5 aromatic rings. The van der Waals surface area contributed by atoms with E-state index in [9.17, 15) is 4.39 Å². The largest absolute Gasteiger partial charge is 0.437 e. The predicted molar refractivity (Wildman–Crippen MR) is 125 cm³/mol. The number of imidazole rings is 1. The number of nitrogens with zero attached hydrogens (tertiary/aromatic N) is 5. The van der Waals surface area contributed by atoms with Crippen LogP contribution in [0, 0.1) is 11.7 Å². The van der Waals surface area contributed by atoms with Crippen LogP contribution in [0.15, 0.2) is 67.4 Å². The molecule has 3 heterocycles. The Morgan fingerprint density at radius 2 is 1.82 bits per heavy atom. The predicted octanol–water partition coefficient (Wildman–Crippen LogP) is 6.03. The Hall–Kier alpha value is -3.85. The minimum absolute atomic E-state index is 0.267. The van der Waals surface area contributed by atoms with Crippen molar-refractivity contribution in [1.29, 1.82) is 0 Å². The molecule has 7 nitrogen and oxygen atoms in total. The first-order valence-corrected chi connectivity index (χ1v) is 11.5. The maximum Gasteiger partial charge on any atom is 0.250 e. The molecule has 0 spiro atoms. The third-order valence-corrected chi connectivity index (χ3v) is 6.44. The smallest absolute Gasteiger partial charge is 0.250 e. The van der Waals surface area contributed by atoms with Crippen LogP contribution in [-0.4, -0.2) is 24.5 Å². The molecule has 0 unspecified atom stereocenters. The van der Waals surface area contributed by atoms with Crippen LogP contribution in [-0.2, 0) is 6.54 Å². The van der Waals surface area contributed by atoms with Gasteiger partial charge in [0.2, 0.25) is 0 Å². The molecule has 2 aromatic carbocycles. The van der Waals surface area contributed by atoms with Gasteiger partial charge in [-0.1, -0.05) is 11.3 Å². The lowest BCUT2D eigenvalue weighted by molar-refractivity contribution is 0.467. The molecule has 0 aliphatic heterocycles. The topological polar surface area (TPSA) is 77.8 Å². The van der Waals surface area contributed by atoms with Crippen LogP contribution >= 0.6 is 11.3 Å². The van der Waals surface area contributed by atoms with Crippen molar-refractivity contribution in [2.24, 2.45) is 5.92 Å². The molecule has 6 rings (SSSR count). The van der Waals surface area contributed by atoms with E-state index in [1.54, 1.807) is 12.1 Å². The van der Waals surface area contributed by atoms with E-state index in [2.05, 4.69) is 29.8 Å². The summed E-state index contributed by atoms with van der Waals surface area (Å²) in [7, 11) is 0. The molecular formula is C24H19FN6OS. The molecule has 1 aliphatic carbocycles. The van der Waals surface area contributed by atoms with Gasteiger partial charge in [0.25, 0.3) is 5.88 Å². The van der Waals surface area contributed by atoms with Crippen molar-refractivity contribution in [2.45, 2.75) is 19.4 Å². The molecule has 1 saturated carbocycles. The lowest BCUT2D eigenvalue weighted by Crippen LogP contribution is -1.99. The maximum atomic E-state index is 13.1. The number of hydrogen-bond acceptors (Lipinski definition) is 7. The Kier molecular flexibility index (Phi) is 4.95. The third kappa shape index (κ3) is 4.27. The van der Waals surface area contributed by atoms with Gasteiger partial charge in [-0.25, -0.2) is 19.3 Å². The number of anilines is 2. The highest BCUT2D eigenvalue weighted by Gasteiger charge is 2.23. The van der Waals surface area contributed by atoms with Crippen molar-refractivity contribution < 1.29 is 9.13 Å². The van der Waals surface area contributed by atoms with Gasteiger partial charge in [0.1, 0.15) is 17.9 Å². The van der Waals surface area contributed by atoms with Gasteiger partial charge in [-0.05, 0) is 72.9 Å². The summed E-state index contributed by atoms with van der Waals surface area (Å²) in [6.07, 6.45) is 7.68. The fourth-order valence-electron chi connectivity index (χ4n) is 3.57. The summed E-state index contributed by atoms with van der Waals surface area (Å²) in [5, 5.41) is 3.93. The Balaban J connectivity index is 1.17. The molecule has 1 fully saturated rings. The van der Waals surface area contributed by atoms with Crippen molar-refractivity contribution in [2.75, 3.05) is 5.32 Å². The summed E-state index contributed by atoms with van der Waals surface area (Å²) < 4.78 is 21.2. The second kappa shape index (κ2) is 8.25. The van der Waals surface area contributed by atoms with Gasteiger partial charge >= 0.3 is 0 Å². The van der Waals surface area contributed by atoms with Crippen molar-refractivity contribution in [3.8, 4) is 22.1 Å². The van der Waals surface area contributed by atoms with Crippen LogP contribution in [0.25, 0.3) is 21.6 Å². The second-order valence-corrected chi connectivity index (χ2v) is 9.01. The molecule has 33 heavy (non-hydrogen) atoms. The summed E-state index contributed by atoms with van der Waals surface area (Å²) in [5.41, 5.74) is 3.28. The van der Waals surface area contributed by atoms with Crippen molar-refractivity contribution >= 4 is 33.3 Å². The molecule has 9 heteroatoms. The Bertz CT molecular complexity index is 1410. The van der Waals surface area contributed by atoms with E-state index < -0.39 is 0 Å². The number of ether oxygens (including phenoxy) is 1. The summed E-state index contributed by atoms with van der Waals surface area (Å²) in [4.78, 5) is 18.6. The monoisotopic (exact) mass is 458 g/mol. The van der Waals surface area contributed by atoms with E-state index in [-0.39, 0.29) is 5.82 Å². The molecule has 164 valence electrons. The number of thiazole rings is 1. The van der Waals surface area contributed by atoms with E-state index in [1.807, 2.05) is 36.8 Å². The van der Waals surface area contributed by atoms with Crippen LogP contribution in [0.3, 0.4) is 0 Å². The average molecular weight is 459 g/mol. The number of fused-ring (bicyclic) bond motifs is 1. The molecule has 1 aliphatic rings. The fourth-order valence-corrected chi connectivity index (χ4v) is 4.41. The Morgan fingerprint density at radius 3 is 2.61 bits per heavy atom. The number of rotatable bonds is 7. The minimum Gasteiger partial charge on any atom is -0.437 e. The summed E-state index contributed by atoms with van der Waals surface area (Å²) >= 11 is 1.52. The first kappa shape index (κ1) is 19.8. The quantitative estimate of drug-likeness (QED) is 0.321. The SMILES string of the molecule is Fc1ccc(Nc2ncc(-c3ccc(Oc4ncnc5c4ncn5CC4CC4)cc3)s2)cc1. The van der Waals surface area contributed by atoms with Gasteiger partial charge in [0.15, 0.2) is 16.3 Å². The maximum absolute atomic E-state index is 13.1. The van der Waals surface area contributed by atoms with Gasteiger partial charge in [-0.15, -0.1) is 0 Å². The highest BCUT2D eigenvalue weighted by Crippen LogP contribution is 2.34. The first-order valence-electron chi connectivity index (χ1n) is 10.6. The van der Waals surface area contributed by atoms with Gasteiger partial charge < -0.3 is 14.6 Å². The van der Waals surface area contributed by atoms with Crippen molar-refractivity contribution in [1.82, 2.24) is 24.5 Å². The third-order valence-electron chi connectivity index (χ3n) is 5.47. The van der Waals surface area contributed by atoms with E-state index in [0.29, 0.717) is 17.1 Å². The van der Waals surface area contributed by atoms with Gasteiger partial charge in [-0.3, -0.25) is 0 Å². The van der Waals surface area contributed by atoms with Crippen molar-refractivity contribution in [3.05, 3.63) is 73.2 Å². The first-order chi connectivity index (χ1) is 16.2. The molecule has 0 radical (unpaired) electrons. The van der Waals surface area contributed by atoms with Gasteiger partial charge in [0, 0.05) is 18.4 Å². The standard InChI is InChI=1S/C24H19FN6OS/c25-17-5-7-18(8-6-17)30-24-26-11-20(33-24)16-3-9-19(10-4-16)32-23-21-22(27-13-28-23)31(14-29-21)12-15-1-2-15/h3-11,13-15H,1-2,12H2,(H,26,30). The number of halogens is 1. The minimum atomic E-state index is -0.267. The number of nitrogens with one attached hydrogen (secondary N) is 1. The highest BCUT2D eigenvalue weighted by atomic mass is 32.1. The molecule has 0 amide bonds. The fraction of sp³-hybridized carbons (Fsp3) is 0.167. The lowest BCUT2D eigenvalue weighted by atomic mass is 10.2. The zero-order valence-electron chi connectivity index (χ0n) is 17.5. The molecule has 0 bridgehead atoms. The molecule has 0 atom stereocenters. The van der Waals surface area contributed by atoms with E-state index in [0.717, 1.165) is 39.4 Å². The van der Waals surface area contributed by atoms with Crippen LogP contribution in [0.5, 0.6) is 11.6 Å². The molecule has 0 saturated heterocycles. The number of benzene rings is 2. The summed E-state index contributed by atoms with van der Waals surface area (Å²) in [6.45, 7) is 0.939. The van der Waals surface area contributed by atoms with E-state index >= 15 is 0 Å². The van der Waals surface area contributed by atoms with Crippen LogP contribution in [0.4, 0.5) is 15.2 Å². The van der Waals surface area contributed by atoms with Crippen LogP contribution in [0.1, 0.15) is 12.8 Å². The Morgan fingerprint density at radius 1 is 1.00 bits per heavy atom. The van der Waals surface area contributed by atoms with E-state index in [4.69, 9.17) is 4.74 Å². The number of hydrogen-bond donors (Lipinski definition) is 1. The molecular weight excluding hydrogens is 439 g/mol. The normalized spacial score (nSPS) is 13.4. The summed E-state index contributed by atoms with van der Waals surface area (Å²) in [6, 6.07) is 14.0. The van der Waals surface area contributed by atoms with Gasteiger partial charge in [-0.2, -0.15) is 4.98 Å². The average Bonchev–Trinajstić information content (AvgIpc) is 3.37. The van der Waals surface area contributed by atoms with Crippen molar-refractivity contribution in [3.63, 3.8) is 0 Å². The lowest BCUT2D eigenvalue weighted by Gasteiger charge is -2.06. The molecule has 3 aromatic heterocycles. The van der Waals surface area contributed by atoms with E-state index in [1.165, 1.54) is 42.6 Å². The summed E-state index contributed by atoms with van der Waals surface area (Å²) in [5.74, 6) is 1.58. The van der Waals surface area contributed by atoms with Crippen LogP contribution < -0.4 is 10.1 Å². The van der Waals surface area contributed by atoms with Crippen LogP contribution in [0.2, 0.25) is 0 Å². The zero-order chi connectivity index (χ0) is 22.2. The second-order valence-electron chi connectivity index (χ2n) is 7.98. The zero-order valence-corrected chi connectivity index (χ0v) is 18.3. The van der Waals surface area contributed by atoms with Gasteiger partial charge in [0.05, 0.1) is 11.2 Å². The highest BCUT2D eigenvalue weighted by molar-refractivity contribution is 7.18.